The van der Waals surface area contributed by atoms with Gasteiger partial charge in [0.1, 0.15) is 5.69 Å². The molecule has 3 nitrogen and oxygen atoms in total. The van der Waals surface area contributed by atoms with Crippen molar-refractivity contribution in [1.82, 2.24) is 4.98 Å². The summed E-state index contributed by atoms with van der Waals surface area (Å²) in [4.78, 5) is 4.24. The van der Waals surface area contributed by atoms with Gasteiger partial charge in [-0.15, -0.1) is 0 Å². The molecule has 3 rings (SSSR count). The van der Waals surface area contributed by atoms with Gasteiger partial charge in [0.2, 0.25) is 0 Å². The first-order valence-electron chi connectivity index (χ1n) is 6.11. The van der Waals surface area contributed by atoms with Crippen LogP contribution in [0.2, 0.25) is 0 Å². The summed E-state index contributed by atoms with van der Waals surface area (Å²) >= 11 is 6.83. The van der Waals surface area contributed by atoms with Crippen LogP contribution in [0.15, 0.2) is 51.5 Å². The SMILES string of the molecule is Nc1cc(F)c(Nc2ccc(Br)cc2Br)c2ncccc12. The Morgan fingerprint density at radius 3 is 2.71 bits per heavy atom. The summed E-state index contributed by atoms with van der Waals surface area (Å²) in [7, 11) is 0. The molecule has 0 amide bonds. The Morgan fingerprint density at radius 2 is 1.95 bits per heavy atom. The van der Waals surface area contributed by atoms with Crippen LogP contribution in [0.25, 0.3) is 10.9 Å². The van der Waals surface area contributed by atoms with E-state index in [9.17, 15) is 4.39 Å². The van der Waals surface area contributed by atoms with Crippen molar-refractivity contribution < 1.29 is 4.39 Å². The number of hydrogen-bond donors (Lipinski definition) is 2. The van der Waals surface area contributed by atoms with Crippen LogP contribution in [0, 0.1) is 5.82 Å². The first kappa shape index (κ1) is 14.3. The van der Waals surface area contributed by atoms with Gasteiger partial charge in [-0.25, -0.2) is 4.39 Å². The molecule has 0 saturated carbocycles. The van der Waals surface area contributed by atoms with Gasteiger partial charge < -0.3 is 11.1 Å². The Bertz CT molecular complexity index is 837. The number of benzene rings is 2. The first-order valence-corrected chi connectivity index (χ1v) is 7.69. The molecule has 106 valence electrons. The minimum absolute atomic E-state index is 0.308. The average Bonchev–Trinajstić information content (AvgIpc) is 2.45. The Balaban J connectivity index is 2.16. The third-order valence-electron chi connectivity index (χ3n) is 3.07. The summed E-state index contributed by atoms with van der Waals surface area (Å²) in [6, 6.07) is 10.5. The van der Waals surface area contributed by atoms with Gasteiger partial charge in [-0.1, -0.05) is 15.9 Å². The van der Waals surface area contributed by atoms with Gasteiger partial charge in [-0.3, -0.25) is 4.98 Å². The number of aromatic nitrogens is 1. The van der Waals surface area contributed by atoms with E-state index in [1.807, 2.05) is 24.3 Å². The number of anilines is 3. The monoisotopic (exact) mass is 409 g/mol. The number of fused-ring (bicyclic) bond motifs is 1. The van der Waals surface area contributed by atoms with E-state index in [1.54, 1.807) is 12.3 Å². The van der Waals surface area contributed by atoms with Gasteiger partial charge >= 0.3 is 0 Å². The van der Waals surface area contributed by atoms with Crippen LogP contribution in [0.5, 0.6) is 0 Å². The maximum absolute atomic E-state index is 14.3. The molecule has 3 N–H and O–H groups in total. The highest BCUT2D eigenvalue weighted by atomic mass is 79.9. The summed E-state index contributed by atoms with van der Waals surface area (Å²) in [5.74, 6) is -0.437. The number of nitrogens with one attached hydrogen (secondary N) is 1. The Kier molecular flexibility index (Phi) is 3.82. The molecule has 0 unspecified atom stereocenters. The highest BCUT2D eigenvalue weighted by molar-refractivity contribution is 9.11. The molecule has 0 radical (unpaired) electrons. The van der Waals surface area contributed by atoms with Crippen molar-refractivity contribution >= 4 is 59.8 Å². The normalized spacial score (nSPS) is 10.8. The molecular weight excluding hydrogens is 401 g/mol. The largest absolute Gasteiger partial charge is 0.398 e. The fourth-order valence-corrected chi connectivity index (χ4v) is 3.23. The van der Waals surface area contributed by atoms with Crippen molar-refractivity contribution in [2.24, 2.45) is 0 Å². The smallest absolute Gasteiger partial charge is 0.150 e. The van der Waals surface area contributed by atoms with E-state index in [4.69, 9.17) is 5.73 Å². The van der Waals surface area contributed by atoms with Crippen LogP contribution < -0.4 is 11.1 Å². The Labute approximate surface area is 137 Å². The van der Waals surface area contributed by atoms with Crippen molar-refractivity contribution in [2.75, 3.05) is 11.1 Å². The molecule has 0 aliphatic rings. The summed E-state index contributed by atoms with van der Waals surface area (Å²) in [6.07, 6.45) is 1.61. The van der Waals surface area contributed by atoms with Gasteiger partial charge in [-0.2, -0.15) is 0 Å². The molecule has 1 heterocycles. The van der Waals surface area contributed by atoms with E-state index < -0.39 is 5.82 Å². The lowest BCUT2D eigenvalue weighted by atomic mass is 10.1. The molecule has 0 spiro atoms. The summed E-state index contributed by atoms with van der Waals surface area (Å²) < 4.78 is 16.0. The number of nitrogens with zero attached hydrogens (tertiary/aromatic N) is 1. The number of nitrogen functional groups attached to an aromatic ring is 1. The second-order valence-electron chi connectivity index (χ2n) is 4.47. The average molecular weight is 411 g/mol. The zero-order chi connectivity index (χ0) is 15.0. The highest BCUT2D eigenvalue weighted by Crippen LogP contribution is 2.34. The van der Waals surface area contributed by atoms with Crippen LogP contribution in [-0.4, -0.2) is 4.98 Å². The van der Waals surface area contributed by atoms with Gasteiger partial charge in [0, 0.05) is 26.2 Å². The standard InChI is InChI=1S/C15H10Br2FN3/c16-8-3-4-13(10(17)6-8)21-15-11(18)7-12(19)9-2-1-5-20-14(9)15/h1-7,21H,19H2. The van der Waals surface area contributed by atoms with Gasteiger partial charge in [-0.05, 0) is 52.3 Å². The molecule has 0 bridgehead atoms. The number of hydrogen-bond acceptors (Lipinski definition) is 3. The Morgan fingerprint density at radius 1 is 1.14 bits per heavy atom. The van der Waals surface area contributed by atoms with Crippen molar-refractivity contribution in [1.29, 1.82) is 0 Å². The third kappa shape index (κ3) is 2.73. The van der Waals surface area contributed by atoms with E-state index >= 15 is 0 Å². The second kappa shape index (κ2) is 5.61. The van der Waals surface area contributed by atoms with Crippen molar-refractivity contribution in [3.63, 3.8) is 0 Å². The van der Waals surface area contributed by atoms with Crippen molar-refractivity contribution in [3.8, 4) is 0 Å². The molecule has 0 atom stereocenters. The lowest BCUT2D eigenvalue weighted by Gasteiger charge is -2.13. The van der Waals surface area contributed by atoms with Gasteiger partial charge in [0.15, 0.2) is 5.82 Å². The lowest BCUT2D eigenvalue weighted by molar-refractivity contribution is 0.634. The third-order valence-corrected chi connectivity index (χ3v) is 4.22. The molecule has 0 saturated heterocycles. The Hall–Kier alpha value is -1.66. The minimum Gasteiger partial charge on any atom is -0.398 e. The number of rotatable bonds is 2. The van der Waals surface area contributed by atoms with Gasteiger partial charge in [0.05, 0.1) is 11.2 Å². The lowest BCUT2D eigenvalue weighted by Crippen LogP contribution is -2.00. The number of nitrogens with two attached hydrogens (primary N) is 1. The van der Waals surface area contributed by atoms with E-state index in [0.29, 0.717) is 16.9 Å². The topological polar surface area (TPSA) is 50.9 Å². The van der Waals surface area contributed by atoms with E-state index in [0.717, 1.165) is 20.0 Å². The predicted molar refractivity (Wildman–Crippen MR) is 91.2 cm³/mol. The van der Waals surface area contributed by atoms with Crippen molar-refractivity contribution in [3.05, 3.63) is 57.4 Å². The van der Waals surface area contributed by atoms with Gasteiger partial charge in [0.25, 0.3) is 0 Å². The molecule has 0 aliphatic heterocycles. The van der Waals surface area contributed by atoms with Crippen LogP contribution in [0.1, 0.15) is 0 Å². The fraction of sp³-hybridized carbons (Fsp3) is 0. The quantitative estimate of drug-likeness (QED) is 0.569. The van der Waals surface area contributed by atoms with E-state index in [1.165, 1.54) is 6.07 Å². The minimum atomic E-state index is -0.437. The maximum Gasteiger partial charge on any atom is 0.150 e. The fourth-order valence-electron chi connectivity index (χ4n) is 2.08. The molecule has 2 aromatic carbocycles. The molecule has 3 aromatic rings. The summed E-state index contributed by atoms with van der Waals surface area (Å²) in [6.45, 7) is 0. The molecule has 6 heteroatoms. The zero-order valence-corrected chi connectivity index (χ0v) is 13.9. The van der Waals surface area contributed by atoms with Crippen LogP contribution in [-0.2, 0) is 0 Å². The molecule has 0 aliphatic carbocycles. The van der Waals surface area contributed by atoms with E-state index in [-0.39, 0.29) is 0 Å². The zero-order valence-electron chi connectivity index (χ0n) is 10.7. The highest BCUT2D eigenvalue weighted by Gasteiger charge is 2.13. The predicted octanol–water partition coefficient (Wildman–Crippen LogP) is 5.22. The molecule has 21 heavy (non-hydrogen) atoms. The number of halogens is 3. The van der Waals surface area contributed by atoms with Crippen LogP contribution >= 0.6 is 31.9 Å². The van der Waals surface area contributed by atoms with E-state index in [2.05, 4.69) is 42.2 Å². The van der Waals surface area contributed by atoms with Crippen LogP contribution in [0.3, 0.4) is 0 Å². The first-order chi connectivity index (χ1) is 10.1. The second-order valence-corrected chi connectivity index (χ2v) is 6.24. The molecule has 0 fully saturated rings. The van der Waals surface area contributed by atoms with Crippen molar-refractivity contribution in [2.45, 2.75) is 0 Å². The van der Waals surface area contributed by atoms with Crippen LogP contribution in [0.4, 0.5) is 21.5 Å². The molecular formula is C15H10Br2FN3. The maximum atomic E-state index is 14.3. The summed E-state index contributed by atoms with van der Waals surface area (Å²) in [5.41, 5.74) is 7.77. The number of pyridine rings is 1. The summed E-state index contributed by atoms with van der Waals surface area (Å²) in [5, 5.41) is 3.79. The molecule has 1 aromatic heterocycles.